The molecule has 29 heavy (non-hydrogen) atoms. The van der Waals surface area contributed by atoms with Crippen LogP contribution < -0.4 is 5.32 Å². The second-order valence-corrected chi connectivity index (χ2v) is 7.24. The van der Waals surface area contributed by atoms with E-state index in [2.05, 4.69) is 5.32 Å². The zero-order valence-corrected chi connectivity index (χ0v) is 16.9. The van der Waals surface area contributed by atoms with Gasteiger partial charge in [-0.3, -0.25) is 4.79 Å². The summed E-state index contributed by atoms with van der Waals surface area (Å²) in [5, 5.41) is 3.40. The van der Waals surface area contributed by atoms with Crippen LogP contribution in [0.25, 0.3) is 0 Å². The van der Waals surface area contributed by atoms with E-state index in [1.165, 1.54) is 0 Å². The van der Waals surface area contributed by atoms with Crippen LogP contribution in [0.15, 0.2) is 78.9 Å². The summed E-state index contributed by atoms with van der Waals surface area (Å²) in [6, 6.07) is 23.4. The maximum atomic E-state index is 12.7. The Morgan fingerprint density at radius 2 is 1.59 bits per heavy atom. The highest BCUT2D eigenvalue weighted by Gasteiger charge is 2.20. The van der Waals surface area contributed by atoms with E-state index >= 15 is 0 Å². The van der Waals surface area contributed by atoms with Crippen LogP contribution in [0.2, 0.25) is 5.02 Å². The smallest absolute Gasteiger partial charge is 0.407 e. The van der Waals surface area contributed by atoms with E-state index in [-0.39, 0.29) is 18.8 Å². The monoisotopic (exact) mass is 407 g/mol. The third-order valence-electron chi connectivity index (χ3n) is 4.54. The number of carbonyl (C=O) groups excluding carboxylic acids is 2. The van der Waals surface area contributed by atoms with Crippen molar-refractivity contribution < 1.29 is 14.3 Å². The van der Waals surface area contributed by atoms with Gasteiger partial charge in [0.2, 0.25) is 0 Å². The molecule has 148 valence electrons. The fourth-order valence-electron chi connectivity index (χ4n) is 2.90. The predicted molar refractivity (Wildman–Crippen MR) is 114 cm³/mol. The number of amides is 1. The molecule has 0 aliphatic heterocycles. The number of alkyl carbamates (subject to hydrolysis) is 1. The molecule has 0 aliphatic carbocycles. The summed E-state index contributed by atoms with van der Waals surface area (Å²) in [6.07, 6.45) is -0.450. The van der Waals surface area contributed by atoms with Crippen molar-refractivity contribution >= 4 is 23.5 Å². The van der Waals surface area contributed by atoms with E-state index in [4.69, 9.17) is 16.3 Å². The van der Waals surface area contributed by atoms with Crippen LogP contribution >= 0.6 is 11.6 Å². The molecule has 3 rings (SSSR count). The second kappa shape index (κ2) is 9.89. The summed E-state index contributed by atoms with van der Waals surface area (Å²) in [4.78, 5) is 25.1. The SMILES string of the molecule is Cc1ccc(C(CC(=O)c2ccc(Cl)cc2)NC(=O)OCc2ccccc2)cc1. The van der Waals surface area contributed by atoms with Gasteiger partial charge >= 0.3 is 6.09 Å². The van der Waals surface area contributed by atoms with Gasteiger partial charge in [0.1, 0.15) is 6.61 Å². The van der Waals surface area contributed by atoms with Crippen LogP contribution in [0.4, 0.5) is 4.79 Å². The van der Waals surface area contributed by atoms with Crippen LogP contribution in [0.5, 0.6) is 0 Å². The number of hydrogen-bond donors (Lipinski definition) is 1. The fraction of sp³-hybridized carbons (Fsp3) is 0.167. The zero-order valence-electron chi connectivity index (χ0n) is 16.1. The van der Waals surface area contributed by atoms with Gasteiger partial charge < -0.3 is 10.1 Å². The van der Waals surface area contributed by atoms with Gasteiger partial charge in [0.05, 0.1) is 6.04 Å². The highest BCUT2D eigenvalue weighted by molar-refractivity contribution is 6.30. The van der Waals surface area contributed by atoms with Crippen molar-refractivity contribution in [2.75, 3.05) is 0 Å². The number of aryl methyl sites for hydroxylation is 1. The molecule has 1 N–H and O–H groups in total. The van der Waals surface area contributed by atoms with E-state index in [0.717, 1.165) is 16.7 Å². The molecule has 1 amide bonds. The Hall–Kier alpha value is -3.11. The third kappa shape index (κ3) is 6.19. The van der Waals surface area contributed by atoms with Crippen molar-refractivity contribution in [3.8, 4) is 0 Å². The third-order valence-corrected chi connectivity index (χ3v) is 4.79. The minimum atomic E-state index is -0.566. The van der Waals surface area contributed by atoms with Crippen LogP contribution in [0.3, 0.4) is 0 Å². The lowest BCUT2D eigenvalue weighted by Crippen LogP contribution is -2.30. The number of carbonyl (C=O) groups is 2. The summed E-state index contributed by atoms with van der Waals surface area (Å²) in [5.41, 5.74) is 3.38. The van der Waals surface area contributed by atoms with Gasteiger partial charge in [-0.15, -0.1) is 0 Å². The number of nitrogens with one attached hydrogen (secondary N) is 1. The molecule has 1 unspecified atom stereocenters. The number of halogens is 1. The van der Waals surface area contributed by atoms with Crippen molar-refractivity contribution in [1.29, 1.82) is 0 Å². The van der Waals surface area contributed by atoms with Gasteiger partial charge in [-0.25, -0.2) is 4.79 Å². The maximum absolute atomic E-state index is 12.7. The van der Waals surface area contributed by atoms with E-state index in [0.29, 0.717) is 10.6 Å². The Labute approximate surface area is 175 Å². The molecule has 0 bridgehead atoms. The maximum Gasteiger partial charge on any atom is 0.407 e. The standard InChI is InChI=1S/C24H22ClNO3/c1-17-7-9-19(10-8-17)22(15-23(27)20-11-13-21(25)14-12-20)26-24(28)29-16-18-5-3-2-4-6-18/h2-14,22H,15-16H2,1H3,(H,26,28). The molecular weight excluding hydrogens is 386 g/mol. The highest BCUT2D eigenvalue weighted by atomic mass is 35.5. The first-order valence-electron chi connectivity index (χ1n) is 9.34. The van der Waals surface area contributed by atoms with Crippen LogP contribution in [0.1, 0.15) is 39.5 Å². The minimum absolute atomic E-state index is 0.0874. The summed E-state index contributed by atoms with van der Waals surface area (Å²) in [6.45, 7) is 2.15. The molecule has 4 nitrogen and oxygen atoms in total. The van der Waals surface area contributed by atoms with Gasteiger partial charge in [-0.2, -0.15) is 0 Å². The summed E-state index contributed by atoms with van der Waals surface area (Å²) in [7, 11) is 0. The van der Waals surface area contributed by atoms with E-state index in [1.807, 2.05) is 61.5 Å². The van der Waals surface area contributed by atoms with Gasteiger partial charge in [0.25, 0.3) is 0 Å². The Bertz CT molecular complexity index is 954. The van der Waals surface area contributed by atoms with E-state index < -0.39 is 12.1 Å². The molecule has 0 saturated heterocycles. The molecule has 0 heterocycles. The Kier molecular flexibility index (Phi) is 7.04. The summed E-state index contributed by atoms with van der Waals surface area (Å²) in [5.74, 6) is -0.0874. The van der Waals surface area contributed by atoms with Gasteiger partial charge in [-0.1, -0.05) is 71.8 Å². The van der Waals surface area contributed by atoms with Crippen molar-refractivity contribution in [3.05, 3.63) is 106 Å². The van der Waals surface area contributed by atoms with Crippen molar-refractivity contribution in [3.63, 3.8) is 0 Å². The lowest BCUT2D eigenvalue weighted by atomic mass is 9.97. The average molecular weight is 408 g/mol. The molecule has 0 aromatic heterocycles. The van der Waals surface area contributed by atoms with Crippen LogP contribution in [0, 0.1) is 6.92 Å². The first-order chi connectivity index (χ1) is 14.0. The molecule has 0 spiro atoms. The van der Waals surface area contributed by atoms with Gasteiger partial charge in [0, 0.05) is 17.0 Å². The molecule has 0 aliphatic rings. The van der Waals surface area contributed by atoms with Gasteiger partial charge in [0.15, 0.2) is 5.78 Å². The largest absolute Gasteiger partial charge is 0.445 e. The molecular formula is C24H22ClNO3. The summed E-state index contributed by atoms with van der Waals surface area (Å²) < 4.78 is 5.33. The van der Waals surface area contributed by atoms with Crippen molar-refractivity contribution in [2.24, 2.45) is 0 Å². The number of benzene rings is 3. The van der Waals surface area contributed by atoms with E-state index in [1.54, 1.807) is 24.3 Å². The summed E-state index contributed by atoms with van der Waals surface area (Å²) >= 11 is 5.90. The number of Topliss-reactive ketones (excluding diaryl/α,β-unsaturated/α-hetero) is 1. The zero-order chi connectivity index (χ0) is 20.6. The lowest BCUT2D eigenvalue weighted by Gasteiger charge is -2.19. The minimum Gasteiger partial charge on any atom is -0.445 e. The van der Waals surface area contributed by atoms with Crippen LogP contribution in [-0.2, 0) is 11.3 Å². The lowest BCUT2D eigenvalue weighted by molar-refractivity contribution is 0.0963. The highest BCUT2D eigenvalue weighted by Crippen LogP contribution is 2.21. The fourth-order valence-corrected chi connectivity index (χ4v) is 3.02. The molecule has 0 fully saturated rings. The first-order valence-corrected chi connectivity index (χ1v) is 9.71. The number of hydrogen-bond acceptors (Lipinski definition) is 3. The Morgan fingerprint density at radius 3 is 2.24 bits per heavy atom. The van der Waals surface area contributed by atoms with Crippen molar-refractivity contribution in [2.45, 2.75) is 26.0 Å². The van der Waals surface area contributed by atoms with E-state index in [9.17, 15) is 9.59 Å². The number of ketones is 1. The Morgan fingerprint density at radius 1 is 0.931 bits per heavy atom. The first kappa shape index (κ1) is 20.6. The number of ether oxygens (including phenoxy) is 1. The molecule has 0 radical (unpaired) electrons. The quantitative estimate of drug-likeness (QED) is 0.497. The number of rotatable bonds is 7. The topological polar surface area (TPSA) is 55.4 Å². The molecule has 5 heteroatoms. The van der Waals surface area contributed by atoms with Gasteiger partial charge in [-0.05, 0) is 42.3 Å². The molecule has 0 saturated carbocycles. The predicted octanol–water partition coefficient (Wildman–Crippen LogP) is 5.89. The molecule has 3 aromatic rings. The van der Waals surface area contributed by atoms with Crippen molar-refractivity contribution in [1.82, 2.24) is 5.32 Å². The molecule has 1 atom stereocenters. The van der Waals surface area contributed by atoms with Crippen LogP contribution in [-0.4, -0.2) is 11.9 Å². The second-order valence-electron chi connectivity index (χ2n) is 6.80. The average Bonchev–Trinajstić information content (AvgIpc) is 2.73. The normalized spacial score (nSPS) is 11.5. The Balaban J connectivity index is 1.70. The molecule has 3 aromatic carbocycles.